The highest BCUT2D eigenvalue weighted by atomic mass is 32.2. The van der Waals surface area contributed by atoms with Crippen LogP contribution in [0, 0.1) is 0 Å². The molecule has 0 aliphatic carbocycles. The average Bonchev–Trinajstić information content (AvgIpc) is 2.16. The van der Waals surface area contributed by atoms with E-state index in [0.29, 0.717) is 0 Å². The van der Waals surface area contributed by atoms with Crippen molar-refractivity contribution in [2.75, 3.05) is 12.9 Å². The minimum absolute atomic E-state index is 0.388. The predicted molar refractivity (Wildman–Crippen MR) is 51.9 cm³/mol. The first-order valence-corrected chi connectivity index (χ1v) is 5.61. The molecule has 0 amide bonds. The molecular weight excluding hydrogens is 208 g/mol. The lowest BCUT2D eigenvalue weighted by Gasteiger charge is -2.45. The number of aliphatic hydroxyl groups excluding tert-OH is 3. The van der Waals surface area contributed by atoms with Gasteiger partial charge in [0.25, 0.3) is 0 Å². The summed E-state index contributed by atoms with van der Waals surface area (Å²) in [6.45, 7) is 0.942. The molecular formula is C8H16O5S. The zero-order valence-electron chi connectivity index (χ0n) is 8.12. The van der Waals surface area contributed by atoms with Crippen LogP contribution in [0.25, 0.3) is 0 Å². The van der Waals surface area contributed by atoms with Crippen molar-refractivity contribution in [1.29, 1.82) is 0 Å². The number of rotatable bonds is 2. The molecule has 84 valence electrons. The van der Waals surface area contributed by atoms with Crippen molar-refractivity contribution < 1.29 is 25.2 Å². The molecule has 1 fully saturated rings. The Morgan fingerprint density at radius 3 is 2.36 bits per heavy atom. The van der Waals surface area contributed by atoms with Crippen molar-refractivity contribution in [3.63, 3.8) is 0 Å². The first kappa shape index (κ1) is 12.2. The summed E-state index contributed by atoms with van der Waals surface area (Å²) in [5, 5.41) is 37.9. The van der Waals surface area contributed by atoms with E-state index in [2.05, 4.69) is 0 Å². The maximum atomic E-state index is 9.81. The molecule has 4 N–H and O–H groups in total. The van der Waals surface area contributed by atoms with Crippen LogP contribution in [0.4, 0.5) is 0 Å². The first-order chi connectivity index (χ1) is 6.45. The van der Waals surface area contributed by atoms with Crippen LogP contribution in [0.3, 0.4) is 0 Å². The molecule has 5 nitrogen and oxygen atoms in total. The third-order valence-electron chi connectivity index (χ3n) is 2.53. The zero-order valence-corrected chi connectivity index (χ0v) is 8.94. The van der Waals surface area contributed by atoms with Crippen LogP contribution in [0.2, 0.25) is 0 Å². The molecule has 0 radical (unpaired) electrons. The Morgan fingerprint density at radius 2 is 1.93 bits per heavy atom. The average molecular weight is 224 g/mol. The van der Waals surface area contributed by atoms with Crippen molar-refractivity contribution >= 4 is 11.8 Å². The van der Waals surface area contributed by atoms with Gasteiger partial charge in [-0.15, -0.1) is 11.8 Å². The molecule has 1 aliphatic heterocycles. The number of hydrogen-bond acceptors (Lipinski definition) is 6. The Labute approximate surface area is 86.7 Å². The second-order valence-corrected chi connectivity index (χ2v) is 4.51. The van der Waals surface area contributed by atoms with Crippen molar-refractivity contribution in [3.05, 3.63) is 0 Å². The molecule has 0 aromatic rings. The van der Waals surface area contributed by atoms with Gasteiger partial charge in [0, 0.05) is 0 Å². The van der Waals surface area contributed by atoms with Gasteiger partial charge in [0.1, 0.15) is 29.3 Å². The Morgan fingerprint density at radius 1 is 1.36 bits per heavy atom. The van der Waals surface area contributed by atoms with E-state index in [9.17, 15) is 15.3 Å². The summed E-state index contributed by atoms with van der Waals surface area (Å²) in [5.41, 5.74) is -2.29. The molecule has 1 heterocycles. The lowest BCUT2D eigenvalue weighted by atomic mass is 9.87. The Bertz CT molecular complexity index is 180. The Kier molecular flexibility index (Phi) is 3.79. The molecule has 0 spiro atoms. The molecule has 6 heteroatoms. The van der Waals surface area contributed by atoms with E-state index in [1.165, 1.54) is 18.7 Å². The normalized spacial score (nSPS) is 49.3. The minimum Gasteiger partial charge on any atom is -0.394 e. The van der Waals surface area contributed by atoms with Gasteiger partial charge in [0.05, 0.1) is 6.61 Å². The summed E-state index contributed by atoms with van der Waals surface area (Å²) in [6.07, 6.45) is -1.59. The van der Waals surface area contributed by atoms with Gasteiger partial charge in [-0.2, -0.15) is 0 Å². The van der Waals surface area contributed by atoms with Crippen LogP contribution in [-0.2, 0) is 4.74 Å². The highest BCUT2D eigenvalue weighted by Gasteiger charge is 2.51. The maximum absolute atomic E-state index is 9.81. The summed E-state index contributed by atoms with van der Waals surface area (Å²) >= 11 is 1.22. The van der Waals surface area contributed by atoms with Crippen LogP contribution >= 0.6 is 11.8 Å². The van der Waals surface area contributed by atoms with E-state index in [-0.39, 0.29) is 6.61 Å². The molecule has 14 heavy (non-hydrogen) atoms. The van der Waals surface area contributed by atoms with Crippen molar-refractivity contribution in [3.8, 4) is 0 Å². The summed E-state index contributed by atoms with van der Waals surface area (Å²) in [5.74, 6) is 0. The van der Waals surface area contributed by atoms with Gasteiger partial charge in [0.15, 0.2) is 0 Å². The highest BCUT2D eigenvalue weighted by molar-refractivity contribution is 7.99. The topological polar surface area (TPSA) is 90.2 Å². The van der Waals surface area contributed by atoms with Crippen LogP contribution in [-0.4, -0.2) is 62.6 Å². The van der Waals surface area contributed by atoms with E-state index in [0.717, 1.165) is 0 Å². The molecule has 0 aromatic carbocycles. The summed E-state index contributed by atoms with van der Waals surface area (Å²) in [6, 6.07) is 0. The van der Waals surface area contributed by atoms with Gasteiger partial charge in [0.2, 0.25) is 0 Å². The van der Waals surface area contributed by atoms with Crippen molar-refractivity contribution in [2.24, 2.45) is 0 Å². The lowest BCUT2D eigenvalue weighted by Crippen LogP contribution is -2.64. The smallest absolute Gasteiger partial charge is 0.132 e. The van der Waals surface area contributed by atoms with Crippen molar-refractivity contribution in [1.82, 2.24) is 0 Å². The second kappa shape index (κ2) is 4.34. The molecule has 1 saturated heterocycles. The molecule has 1 rings (SSSR count). The molecule has 0 saturated carbocycles. The molecule has 5 unspecified atom stereocenters. The van der Waals surface area contributed by atoms with Gasteiger partial charge in [-0.25, -0.2) is 0 Å². The highest BCUT2D eigenvalue weighted by Crippen LogP contribution is 2.33. The van der Waals surface area contributed by atoms with E-state index in [1.54, 1.807) is 6.26 Å². The van der Waals surface area contributed by atoms with Gasteiger partial charge in [-0.1, -0.05) is 0 Å². The lowest BCUT2D eigenvalue weighted by molar-refractivity contribution is -0.248. The second-order valence-electron chi connectivity index (χ2n) is 3.58. The van der Waals surface area contributed by atoms with Gasteiger partial charge in [-0.3, -0.25) is 0 Å². The molecule has 0 bridgehead atoms. The zero-order chi connectivity index (χ0) is 10.9. The predicted octanol–water partition coefficient (Wildman–Crippen LogP) is -1.46. The number of hydrogen-bond donors (Lipinski definition) is 4. The van der Waals surface area contributed by atoms with E-state index < -0.39 is 29.3 Å². The Hall–Kier alpha value is 0.150. The fourth-order valence-electron chi connectivity index (χ4n) is 1.48. The van der Waals surface area contributed by atoms with Crippen molar-refractivity contribution in [2.45, 2.75) is 36.3 Å². The third kappa shape index (κ3) is 1.91. The molecule has 1 aliphatic rings. The van der Waals surface area contributed by atoms with E-state index in [1.807, 2.05) is 0 Å². The quantitative estimate of drug-likeness (QED) is 0.458. The summed E-state index contributed by atoms with van der Waals surface area (Å²) in [7, 11) is 0. The summed E-state index contributed by atoms with van der Waals surface area (Å²) < 4.78 is 5.20. The molecule has 0 aromatic heterocycles. The van der Waals surface area contributed by atoms with Gasteiger partial charge in [-0.05, 0) is 13.2 Å². The monoisotopic (exact) mass is 224 g/mol. The van der Waals surface area contributed by atoms with E-state index in [4.69, 9.17) is 9.84 Å². The fourth-order valence-corrected chi connectivity index (χ4v) is 2.26. The third-order valence-corrected chi connectivity index (χ3v) is 3.36. The molecule has 5 atom stereocenters. The SMILES string of the molecule is CSC1OC(CO)C(O)C(C)(O)C1O. The van der Waals surface area contributed by atoms with Gasteiger partial charge >= 0.3 is 0 Å². The Balaban J connectivity index is 2.84. The first-order valence-electron chi connectivity index (χ1n) is 4.32. The summed E-state index contributed by atoms with van der Waals surface area (Å²) in [4.78, 5) is 0. The van der Waals surface area contributed by atoms with Gasteiger partial charge < -0.3 is 25.2 Å². The maximum Gasteiger partial charge on any atom is 0.132 e. The van der Waals surface area contributed by atoms with E-state index >= 15 is 0 Å². The van der Waals surface area contributed by atoms with Crippen LogP contribution in [0.1, 0.15) is 6.92 Å². The number of aliphatic hydroxyl groups is 4. The van der Waals surface area contributed by atoms with Crippen LogP contribution in [0.15, 0.2) is 0 Å². The number of thioether (sulfide) groups is 1. The van der Waals surface area contributed by atoms with Crippen LogP contribution in [0.5, 0.6) is 0 Å². The number of ether oxygens (including phenoxy) is 1. The standard InChI is InChI=1S/C8H16O5S/c1-8(12)5(10)4(3-9)13-7(14-2)6(8)11/h4-7,9-12H,3H2,1-2H3. The fraction of sp³-hybridized carbons (Fsp3) is 1.00. The minimum atomic E-state index is -1.65. The largest absolute Gasteiger partial charge is 0.394 e. The van der Waals surface area contributed by atoms with Crippen LogP contribution < -0.4 is 0 Å².